The Morgan fingerprint density at radius 2 is 1.60 bits per heavy atom. The van der Waals surface area contributed by atoms with Gasteiger partial charge in [0.25, 0.3) is 11.8 Å². The van der Waals surface area contributed by atoms with Crippen LogP contribution in [0.3, 0.4) is 0 Å². The third-order valence-electron chi connectivity index (χ3n) is 13.6. The average Bonchev–Trinajstić information content (AvgIpc) is 4.19. The lowest BCUT2D eigenvalue weighted by Crippen LogP contribution is -2.62. The van der Waals surface area contributed by atoms with Crippen LogP contribution in [0.5, 0.6) is 11.5 Å². The van der Waals surface area contributed by atoms with Crippen LogP contribution < -0.4 is 30.1 Å². The lowest BCUT2D eigenvalue weighted by atomic mass is 9.82. The summed E-state index contributed by atoms with van der Waals surface area (Å²) in [5.41, 5.74) is -0.696. The second-order valence-corrected chi connectivity index (χ2v) is 21.4. The number of sulfonamides is 1. The molecule has 4 heterocycles. The van der Waals surface area contributed by atoms with Gasteiger partial charge in [0.1, 0.15) is 35.5 Å². The normalized spacial score (nSPS) is 25.0. The summed E-state index contributed by atoms with van der Waals surface area (Å²) < 4.78 is 45.7. The highest BCUT2D eigenvalue weighted by atomic mass is 32.2. The van der Waals surface area contributed by atoms with Crippen LogP contribution in [0.1, 0.15) is 120 Å². The molecule has 352 valence electrons. The molecule has 3 aliphatic heterocycles. The number of carbonyl (C=O) groups is 6. The van der Waals surface area contributed by atoms with E-state index in [1.807, 2.05) is 19.1 Å². The highest BCUT2D eigenvalue weighted by molar-refractivity contribution is 7.91. The van der Waals surface area contributed by atoms with Crippen LogP contribution >= 0.6 is 0 Å². The molecule has 1 saturated heterocycles. The topological polar surface area (TPSA) is 245 Å². The van der Waals surface area contributed by atoms with Crippen LogP contribution in [0, 0.1) is 17.3 Å². The number of amides is 6. The highest BCUT2D eigenvalue weighted by Crippen LogP contribution is 2.47. The molecule has 3 aliphatic carbocycles. The standard InChI is InChI=1S/C45H60N8O11S/c1-5-29-21-45(29,42(58)51-65(60,61)31-12-13-31)50-39(55)33-20-30(64-43(59)52-23-27-18-34-35(19-28(27)24-52)63-17-9-16-62-34)25-53(33)41(57)37(44(2,3)4)49-40(56)36(26-10-7-6-8-11-26)48-38(54)32-22-46-14-15-47-32/h14-15,18-19,22,26,29-31,33,36-37H,5-13,16-17,20-21,23-25H2,1-4H3,(H,48,54)(H,49,56)(H,50,55)(H,51,58)/t29-,30+,33?,36-,37+,45-/m0/s1. The summed E-state index contributed by atoms with van der Waals surface area (Å²) in [6.45, 7) is 8.40. The minimum Gasteiger partial charge on any atom is -0.490 e. The fourth-order valence-electron chi connectivity index (χ4n) is 9.61. The maximum atomic E-state index is 15.1. The van der Waals surface area contributed by atoms with E-state index in [1.54, 1.807) is 20.8 Å². The Labute approximate surface area is 378 Å². The molecule has 2 aromatic rings. The Morgan fingerprint density at radius 3 is 2.18 bits per heavy atom. The van der Waals surface area contributed by atoms with Crippen LogP contribution in [-0.2, 0) is 47.0 Å². The molecule has 0 spiro atoms. The SMILES string of the molecule is CC[C@H]1C[C@@]1(NC(=O)C1C[C@@H](OC(=O)N2Cc3cc4c(cc3C2)OCCCO4)CN1C(=O)[C@@H](NC(=O)[C@@H](NC(=O)c1cnccn1)C1CCCCC1)C(C)(C)C)C(=O)NS(=O)(=O)C1CC1. The van der Waals surface area contributed by atoms with E-state index in [4.69, 9.17) is 14.2 Å². The Balaban J connectivity index is 1.04. The molecule has 19 nitrogen and oxygen atoms in total. The minimum absolute atomic E-state index is 0.0315. The molecule has 0 bridgehead atoms. The quantitative estimate of drug-likeness (QED) is 0.226. The third-order valence-corrected chi connectivity index (χ3v) is 15.4. The molecule has 1 aromatic carbocycles. The van der Waals surface area contributed by atoms with Crippen molar-refractivity contribution in [2.24, 2.45) is 17.3 Å². The highest BCUT2D eigenvalue weighted by Gasteiger charge is 2.62. The summed E-state index contributed by atoms with van der Waals surface area (Å²) in [5, 5.41) is 7.97. The van der Waals surface area contributed by atoms with Crippen molar-refractivity contribution in [2.75, 3.05) is 19.8 Å². The number of carbonyl (C=O) groups excluding carboxylic acids is 6. The van der Waals surface area contributed by atoms with E-state index >= 15 is 4.79 Å². The zero-order chi connectivity index (χ0) is 46.3. The first-order valence-corrected chi connectivity index (χ1v) is 24.4. The van der Waals surface area contributed by atoms with Crippen molar-refractivity contribution in [1.29, 1.82) is 0 Å². The Morgan fingerprint density at radius 1 is 0.923 bits per heavy atom. The summed E-state index contributed by atoms with van der Waals surface area (Å²) >= 11 is 0. The molecule has 0 radical (unpaired) electrons. The number of rotatable bonds is 13. The smallest absolute Gasteiger partial charge is 0.410 e. The van der Waals surface area contributed by atoms with Crippen molar-refractivity contribution in [3.63, 3.8) is 0 Å². The molecule has 65 heavy (non-hydrogen) atoms. The molecule has 8 rings (SSSR count). The zero-order valence-electron chi connectivity index (χ0n) is 37.4. The van der Waals surface area contributed by atoms with E-state index in [2.05, 4.69) is 30.6 Å². The molecule has 6 amide bonds. The van der Waals surface area contributed by atoms with Crippen LogP contribution in [-0.4, -0.2) is 119 Å². The van der Waals surface area contributed by atoms with Gasteiger partial charge in [0.2, 0.25) is 27.7 Å². The van der Waals surface area contributed by atoms with Crippen molar-refractivity contribution < 1.29 is 51.4 Å². The van der Waals surface area contributed by atoms with Crippen molar-refractivity contribution in [1.82, 2.24) is 40.4 Å². The molecule has 1 aromatic heterocycles. The van der Waals surface area contributed by atoms with Crippen LogP contribution in [0.2, 0.25) is 0 Å². The van der Waals surface area contributed by atoms with E-state index in [-0.39, 0.29) is 50.0 Å². The monoisotopic (exact) mass is 920 g/mol. The van der Waals surface area contributed by atoms with E-state index in [0.29, 0.717) is 56.8 Å². The minimum atomic E-state index is -3.94. The number of hydrogen-bond donors (Lipinski definition) is 4. The molecule has 20 heteroatoms. The summed E-state index contributed by atoms with van der Waals surface area (Å²) in [5.74, 6) is -2.75. The summed E-state index contributed by atoms with van der Waals surface area (Å²) in [6.07, 6.45) is 8.69. The predicted molar refractivity (Wildman–Crippen MR) is 232 cm³/mol. The summed E-state index contributed by atoms with van der Waals surface area (Å²) in [7, 11) is -3.94. The van der Waals surface area contributed by atoms with Crippen LogP contribution in [0.15, 0.2) is 30.7 Å². The van der Waals surface area contributed by atoms with E-state index in [9.17, 15) is 32.4 Å². The fourth-order valence-corrected chi connectivity index (χ4v) is 11.0. The molecule has 6 aliphatic rings. The second-order valence-electron chi connectivity index (χ2n) is 19.4. The van der Waals surface area contributed by atoms with Crippen molar-refractivity contribution in [3.05, 3.63) is 47.5 Å². The second kappa shape index (κ2) is 18.4. The van der Waals surface area contributed by atoms with Gasteiger partial charge in [-0.15, -0.1) is 0 Å². The molecule has 6 atom stereocenters. The first kappa shape index (κ1) is 46.0. The number of fused-ring (bicyclic) bond motifs is 2. The van der Waals surface area contributed by atoms with Gasteiger partial charge in [-0.25, -0.2) is 18.2 Å². The maximum absolute atomic E-state index is 15.1. The van der Waals surface area contributed by atoms with Gasteiger partial charge in [-0.2, -0.15) is 0 Å². The zero-order valence-corrected chi connectivity index (χ0v) is 38.2. The number of ether oxygens (including phenoxy) is 3. The molecule has 4 N–H and O–H groups in total. The van der Waals surface area contributed by atoms with Gasteiger partial charge >= 0.3 is 6.09 Å². The van der Waals surface area contributed by atoms with Gasteiger partial charge in [0.05, 0.1) is 31.2 Å². The summed E-state index contributed by atoms with van der Waals surface area (Å²) in [4.78, 5) is 96.0. The number of aromatic nitrogens is 2. The lowest BCUT2D eigenvalue weighted by Gasteiger charge is -2.37. The van der Waals surface area contributed by atoms with Gasteiger partial charge in [-0.1, -0.05) is 53.4 Å². The third kappa shape index (κ3) is 10.0. The number of benzene rings is 1. The average molecular weight is 921 g/mol. The van der Waals surface area contributed by atoms with Gasteiger partial charge in [0.15, 0.2) is 11.5 Å². The molecule has 1 unspecified atom stereocenters. The van der Waals surface area contributed by atoms with Crippen molar-refractivity contribution >= 4 is 45.7 Å². The molecular weight excluding hydrogens is 861 g/mol. The Kier molecular flexibility index (Phi) is 13.0. The number of hydrogen-bond acceptors (Lipinski definition) is 13. The number of likely N-dealkylation sites (tertiary alicyclic amines) is 1. The van der Waals surface area contributed by atoms with Crippen molar-refractivity contribution in [3.8, 4) is 11.5 Å². The lowest BCUT2D eigenvalue weighted by molar-refractivity contribution is -0.145. The fraction of sp³-hybridized carbons (Fsp3) is 0.644. The van der Waals surface area contributed by atoms with Gasteiger partial charge in [-0.3, -0.25) is 38.6 Å². The Bertz CT molecular complexity index is 2260. The number of nitrogens with one attached hydrogen (secondary N) is 4. The van der Waals surface area contributed by atoms with E-state index < -0.39 is 86.1 Å². The molecule has 3 saturated carbocycles. The van der Waals surface area contributed by atoms with E-state index in [1.165, 1.54) is 28.4 Å². The van der Waals surface area contributed by atoms with Crippen LogP contribution in [0.4, 0.5) is 4.79 Å². The molecular formula is C45H60N8O11S. The predicted octanol–water partition coefficient (Wildman–Crippen LogP) is 2.86. The van der Waals surface area contributed by atoms with Crippen molar-refractivity contribution in [2.45, 2.75) is 146 Å². The van der Waals surface area contributed by atoms with Gasteiger partial charge in [0, 0.05) is 38.3 Å². The maximum Gasteiger partial charge on any atom is 0.410 e. The summed E-state index contributed by atoms with van der Waals surface area (Å²) in [6, 6.07) is 0.194. The van der Waals surface area contributed by atoms with Gasteiger partial charge < -0.3 is 35.1 Å². The van der Waals surface area contributed by atoms with Gasteiger partial charge in [-0.05, 0) is 72.6 Å². The van der Waals surface area contributed by atoms with Crippen LogP contribution in [0.25, 0.3) is 0 Å². The Hall–Kier alpha value is -5.53. The first-order valence-electron chi connectivity index (χ1n) is 22.9. The first-order chi connectivity index (χ1) is 31.0. The largest absolute Gasteiger partial charge is 0.490 e. The molecule has 4 fully saturated rings. The van der Waals surface area contributed by atoms with E-state index in [0.717, 1.165) is 36.8 Å². The number of nitrogens with zero attached hydrogens (tertiary/aromatic N) is 4.